The molecule has 0 aliphatic carbocycles. The van der Waals surface area contributed by atoms with Crippen LogP contribution in [0.15, 0.2) is 63.7 Å². The highest BCUT2D eigenvalue weighted by Gasteiger charge is 2.44. The molecule has 4 aliphatic rings. The number of aromatic nitrogens is 3. The van der Waals surface area contributed by atoms with Crippen molar-refractivity contribution in [1.82, 2.24) is 29.0 Å². The molecule has 2 saturated heterocycles. The number of carboxylic acid groups (broad SMARTS) is 1. The summed E-state index contributed by atoms with van der Waals surface area (Å²) in [6.45, 7) is 9.21. The predicted octanol–water partition coefficient (Wildman–Crippen LogP) is 3.64. The molecule has 2 N–H and O–H groups in total. The number of fused-ring (bicyclic) bond motifs is 5. The Morgan fingerprint density at radius 1 is 0.979 bits per heavy atom. The molecule has 12 nitrogen and oxygen atoms in total. The second-order valence-corrected chi connectivity index (χ2v) is 12.9. The minimum Gasteiger partial charge on any atom is -0.483 e. The first-order chi connectivity index (χ1) is 21.5. The molecule has 0 saturated carbocycles. The van der Waals surface area contributed by atoms with Crippen LogP contribution in [0.1, 0.15) is 67.2 Å². The van der Waals surface area contributed by atoms with Crippen LogP contribution < -0.4 is 21.4 Å². The molecule has 7 rings (SSSR count). The zero-order valence-corrected chi connectivity index (χ0v) is 28.2. The third-order valence-electron chi connectivity index (χ3n) is 9.87. The summed E-state index contributed by atoms with van der Waals surface area (Å²) >= 11 is 0. The van der Waals surface area contributed by atoms with Crippen molar-refractivity contribution >= 4 is 36.7 Å². The van der Waals surface area contributed by atoms with Gasteiger partial charge in [-0.2, -0.15) is 0 Å². The number of piperazine rings is 1. The van der Waals surface area contributed by atoms with Gasteiger partial charge in [-0.05, 0) is 88.2 Å². The molecule has 252 valence electrons. The monoisotopic (exact) mass is 686 g/mol. The lowest BCUT2D eigenvalue weighted by atomic mass is 9.82. The fraction of sp³-hybridized carbons (Fsp3) is 0.455. The standard InChI is InChI=1S/C33H38N6O6.2ClH/c1-20(40)21-4-7-24(8-5-21)38-30(41)37-15-12-26-29(39(37)31(38)42)25-9-6-22(18-28(25)45-33(26,2)3)27-19-35(16-17-36(27)32(43)44)23-10-13-34-14-11-23;;/h4-9,12,18,23,27,29,34H,10-11,13-17,19H2,1-3H3,(H,43,44);2*1H. The summed E-state index contributed by atoms with van der Waals surface area (Å²) in [7, 11) is 0. The SMILES string of the molecule is CC(=O)c1ccc(-n2c(=O)n3n(c2=O)C2C(=CC3)C(C)(C)Oc3cc(C4CN(C5CCNCC5)CCN4C(=O)O)ccc32)cc1.Cl.Cl. The lowest BCUT2D eigenvalue weighted by Crippen LogP contribution is -2.55. The predicted molar refractivity (Wildman–Crippen MR) is 181 cm³/mol. The zero-order chi connectivity index (χ0) is 31.6. The average Bonchev–Trinajstić information content (AvgIpc) is 3.29. The maximum absolute atomic E-state index is 14.0. The van der Waals surface area contributed by atoms with E-state index in [1.807, 2.05) is 38.1 Å². The number of ether oxygens (including phenoxy) is 1. The molecule has 2 unspecified atom stereocenters. The summed E-state index contributed by atoms with van der Waals surface area (Å²) in [5.41, 5.74) is 1.58. The molecule has 2 aromatic carbocycles. The van der Waals surface area contributed by atoms with Crippen molar-refractivity contribution in [2.24, 2.45) is 0 Å². The van der Waals surface area contributed by atoms with Crippen molar-refractivity contribution in [2.75, 3.05) is 32.7 Å². The molecule has 14 heteroatoms. The first kappa shape index (κ1) is 34.5. The van der Waals surface area contributed by atoms with Crippen molar-refractivity contribution in [1.29, 1.82) is 0 Å². The first-order valence-electron chi connectivity index (χ1n) is 15.6. The van der Waals surface area contributed by atoms with Crippen molar-refractivity contribution in [2.45, 2.75) is 63.9 Å². The molecule has 47 heavy (non-hydrogen) atoms. The summed E-state index contributed by atoms with van der Waals surface area (Å²) < 4.78 is 10.7. The fourth-order valence-corrected chi connectivity index (χ4v) is 7.51. The van der Waals surface area contributed by atoms with E-state index >= 15 is 0 Å². The molecular formula is C33H40Cl2N6O6. The molecule has 0 radical (unpaired) electrons. The maximum Gasteiger partial charge on any atom is 0.407 e. The van der Waals surface area contributed by atoms with Crippen LogP contribution in [0, 0.1) is 0 Å². The number of carbonyl (C=O) groups is 2. The smallest absolute Gasteiger partial charge is 0.407 e. The van der Waals surface area contributed by atoms with Gasteiger partial charge in [0, 0.05) is 36.8 Å². The number of amides is 1. The largest absolute Gasteiger partial charge is 0.483 e. The Kier molecular flexibility index (Phi) is 9.53. The highest BCUT2D eigenvalue weighted by molar-refractivity contribution is 5.94. The number of nitrogens with zero attached hydrogens (tertiary/aromatic N) is 5. The Morgan fingerprint density at radius 3 is 2.34 bits per heavy atom. The van der Waals surface area contributed by atoms with Crippen LogP contribution in [-0.2, 0) is 6.54 Å². The van der Waals surface area contributed by atoms with E-state index in [0.717, 1.165) is 47.2 Å². The minimum absolute atomic E-state index is 0. The van der Waals surface area contributed by atoms with Crippen LogP contribution in [0.25, 0.3) is 5.69 Å². The van der Waals surface area contributed by atoms with Gasteiger partial charge >= 0.3 is 17.5 Å². The lowest BCUT2D eigenvalue weighted by Gasteiger charge is -2.45. The second kappa shape index (κ2) is 13.0. The molecule has 1 aromatic heterocycles. The van der Waals surface area contributed by atoms with Crippen LogP contribution >= 0.6 is 24.8 Å². The molecule has 5 heterocycles. The quantitative estimate of drug-likeness (QED) is 0.314. The Balaban J connectivity index is 0.00000217. The number of halogens is 2. The normalized spacial score (nSPS) is 21.9. The number of rotatable bonds is 4. The van der Waals surface area contributed by atoms with Crippen molar-refractivity contribution in [3.05, 3.63) is 91.8 Å². The molecule has 4 aliphatic heterocycles. The van der Waals surface area contributed by atoms with Gasteiger partial charge in [0.2, 0.25) is 0 Å². The van der Waals surface area contributed by atoms with Gasteiger partial charge in [-0.3, -0.25) is 14.6 Å². The molecule has 0 spiro atoms. The van der Waals surface area contributed by atoms with Gasteiger partial charge in [0.05, 0.1) is 18.3 Å². The van der Waals surface area contributed by atoms with Crippen LogP contribution in [0.5, 0.6) is 5.75 Å². The van der Waals surface area contributed by atoms with Crippen molar-refractivity contribution in [3.63, 3.8) is 0 Å². The van der Waals surface area contributed by atoms with E-state index < -0.39 is 29.1 Å². The van der Waals surface area contributed by atoms with Gasteiger partial charge in [-0.15, -0.1) is 24.8 Å². The second-order valence-electron chi connectivity index (χ2n) is 12.9. The molecule has 1 amide bonds. The van der Waals surface area contributed by atoms with Gasteiger partial charge in [-0.25, -0.2) is 28.3 Å². The van der Waals surface area contributed by atoms with Gasteiger partial charge in [0.1, 0.15) is 17.4 Å². The number of Topliss-reactive ketones (excluding diaryl/α,β-unsaturated/α-hetero) is 1. The number of nitrogens with one attached hydrogen (secondary N) is 1. The number of hydrogen-bond donors (Lipinski definition) is 2. The van der Waals surface area contributed by atoms with Crippen molar-refractivity contribution < 1.29 is 19.4 Å². The summed E-state index contributed by atoms with van der Waals surface area (Å²) in [6.07, 6.45) is 3.08. The van der Waals surface area contributed by atoms with Gasteiger partial charge in [-0.1, -0.05) is 18.2 Å². The third-order valence-corrected chi connectivity index (χ3v) is 9.87. The maximum atomic E-state index is 14.0. The fourth-order valence-electron chi connectivity index (χ4n) is 7.51. The summed E-state index contributed by atoms with van der Waals surface area (Å²) in [6, 6.07) is 11.7. The molecule has 0 bridgehead atoms. The highest BCUT2D eigenvalue weighted by Crippen LogP contribution is 2.47. The van der Waals surface area contributed by atoms with Crippen LogP contribution in [0.3, 0.4) is 0 Å². The van der Waals surface area contributed by atoms with Crippen LogP contribution in [0.4, 0.5) is 4.79 Å². The van der Waals surface area contributed by atoms with Crippen LogP contribution in [-0.4, -0.2) is 85.1 Å². The Morgan fingerprint density at radius 2 is 1.68 bits per heavy atom. The Bertz CT molecular complexity index is 1840. The molecule has 2 fully saturated rings. The number of allylic oxidation sites excluding steroid dienone is 1. The summed E-state index contributed by atoms with van der Waals surface area (Å²) in [5.74, 6) is 0.463. The van der Waals surface area contributed by atoms with Gasteiger partial charge in [0.15, 0.2) is 5.78 Å². The number of benzene rings is 2. The Hall–Kier alpha value is -3.84. The van der Waals surface area contributed by atoms with E-state index in [0.29, 0.717) is 42.7 Å². The van der Waals surface area contributed by atoms with E-state index in [9.17, 15) is 24.3 Å². The number of ketones is 1. The number of carbonyl (C=O) groups excluding carboxylic acids is 1. The van der Waals surface area contributed by atoms with E-state index in [1.54, 1.807) is 24.3 Å². The van der Waals surface area contributed by atoms with E-state index in [2.05, 4.69) is 10.2 Å². The lowest BCUT2D eigenvalue weighted by molar-refractivity contribution is 0.0391. The first-order valence-corrected chi connectivity index (χ1v) is 15.6. The minimum atomic E-state index is -0.949. The molecular weight excluding hydrogens is 647 g/mol. The molecule has 2 atom stereocenters. The average molecular weight is 688 g/mol. The van der Waals surface area contributed by atoms with E-state index in [1.165, 1.54) is 21.2 Å². The van der Waals surface area contributed by atoms with Crippen molar-refractivity contribution in [3.8, 4) is 11.4 Å². The van der Waals surface area contributed by atoms with Gasteiger partial charge in [0.25, 0.3) is 0 Å². The molecule has 3 aromatic rings. The summed E-state index contributed by atoms with van der Waals surface area (Å²) in [5, 5.41) is 13.5. The zero-order valence-electron chi connectivity index (χ0n) is 26.5. The highest BCUT2D eigenvalue weighted by atomic mass is 35.5. The van der Waals surface area contributed by atoms with E-state index in [4.69, 9.17) is 4.74 Å². The number of hydrogen-bond acceptors (Lipinski definition) is 7. The van der Waals surface area contributed by atoms with E-state index in [-0.39, 0.29) is 43.2 Å². The van der Waals surface area contributed by atoms with Crippen LogP contribution in [0.2, 0.25) is 0 Å². The van der Waals surface area contributed by atoms with Gasteiger partial charge < -0.3 is 15.2 Å². The number of piperidine rings is 1. The third kappa shape index (κ3) is 5.81. The Labute approximate surface area is 284 Å². The summed E-state index contributed by atoms with van der Waals surface area (Å²) in [4.78, 5) is 55.7. The topological polar surface area (TPSA) is 131 Å².